The fourth-order valence-electron chi connectivity index (χ4n) is 5.54. The smallest absolute Gasteiger partial charge is 0.318 e. The van der Waals surface area contributed by atoms with Gasteiger partial charge in [0, 0.05) is 59.4 Å². The van der Waals surface area contributed by atoms with Crippen molar-refractivity contribution in [3.63, 3.8) is 0 Å². The van der Waals surface area contributed by atoms with Crippen LogP contribution in [0.1, 0.15) is 60.8 Å². The molecule has 1 aliphatic rings. The Morgan fingerprint density at radius 1 is 0.622 bits per heavy atom. The first kappa shape index (κ1) is 33.4. The maximum Gasteiger partial charge on any atom is 0.318 e. The van der Waals surface area contributed by atoms with Gasteiger partial charge in [-0.05, 0) is 41.5 Å². The van der Waals surface area contributed by atoms with E-state index in [2.05, 4.69) is 16.0 Å². The molecule has 3 aromatic rings. The van der Waals surface area contributed by atoms with Crippen LogP contribution in [0.2, 0.25) is 0 Å². The Morgan fingerprint density at radius 3 is 1.67 bits per heavy atom. The van der Waals surface area contributed by atoms with Crippen LogP contribution in [0.5, 0.6) is 0 Å². The normalized spacial score (nSPS) is 13.0. The summed E-state index contributed by atoms with van der Waals surface area (Å²) in [5, 5.41) is 9.18. The second-order valence-corrected chi connectivity index (χ2v) is 11.9. The van der Waals surface area contributed by atoms with E-state index in [0.717, 1.165) is 35.1 Å². The van der Waals surface area contributed by atoms with E-state index in [1.165, 1.54) is 19.3 Å². The molecule has 240 valence electrons. The Hall–Kier alpha value is -4.53. The average Bonchev–Trinajstić information content (AvgIpc) is 3.07. The topological polar surface area (TPSA) is 97.0 Å². The van der Waals surface area contributed by atoms with Gasteiger partial charge in [-0.2, -0.15) is 0 Å². The number of amides is 6. The Balaban J connectivity index is 1.20. The summed E-state index contributed by atoms with van der Waals surface area (Å²) in [7, 11) is 3.57. The maximum atomic E-state index is 13.3. The third-order valence-corrected chi connectivity index (χ3v) is 8.21. The molecule has 0 aromatic heterocycles. The van der Waals surface area contributed by atoms with Gasteiger partial charge in [-0.3, -0.25) is 0 Å². The molecule has 0 aliphatic heterocycles. The molecule has 0 unspecified atom stereocenters. The number of hydrogen-bond acceptors (Lipinski definition) is 3. The maximum absolute atomic E-state index is 13.3. The van der Waals surface area contributed by atoms with Gasteiger partial charge in [0.05, 0.1) is 0 Å². The molecule has 9 heteroatoms. The van der Waals surface area contributed by atoms with Crippen molar-refractivity contribution in [2.45, 2.75) is 70.7 Å². The van der Waals surface area contributed by atoms with E-state index >= 15 is 0 Å². The summed E-state index contributed by atoms with van der Waals surface area (Å²) in [6.07, 6.45) is 6.42. The van der Waals surface area contributed by atoms with Crippen LogP contribution in [0, 0.1) is 0 Å². The number of rotatable bonds is 13. The van der Waals surface area contributed by atoms with Crippen LogP contribution in [0.15, 0.2) is 84.9 Å². The molecular formula is C36H48N6O3. The molecule has 0 saturated heterocycles. The highest BCUT2D eigenvalue weighted by Crippen LogP contribution is 2.17. The third kappa shape index (κ3) is 11.5. The summed E-state index contributed by atoms with van der Waals surface area (Å²) in [5.74, 6) is 0. The van der Waals surface area contributed by atoms with Crippen molar-refractivity contribution in [3.05, 3.63) is 107 Å². The van der Waals surface area contributed by atoms with Crippen molar-refractivity contribution in [2.75, 3.05) is 27.2 Å². The number of nitrogens with zero attached hydrogens (tertiary/aromatic N) is 3. The van der Waals surface area contributed by atoms with Gasteiger partial charge >= 0.3 is 18.1 Å². The minimum atomic E-state index is -0.166. The third-order valence-electron chi connectivity index (χ3n) is 8.21. The van der Waals surface area contributed by atoms with Gasteiger partial charge in [-0.1, -0.05) is 104 Å². The van der Waals surface area contributed by atoms with Crippen LogP contribution in [-0.4, -0.2) is 66.0 Å². The van der Waals surface area contributed by atoms with Crippen LogP contribution in [-0.2, 0) is 26.2 Å². The number of benzene rings is 3. The van der Waals surface area contributed by atoms with E-state index < -0.39 is 0 Å². The molecule has 0 heterocycles. The second kappa shape index (κ2) is 17.7. The van der Waals surface area contributed by atoms with Gasteiger partial charge in [0.15, 0.2) is 0 Å². The summed E-state index contributed by atoms with van der Waals surface area (Å²) < 4.78 is 0. The lowest BCUT2D eigenvalue weighted by molar-refractivity contribution is 0.191. The predicted octanol–water partition coefficient (Wildman–Crippen LogP) is 6.10. The van der Waals surface area contributed by atoms with Gasteiger partial charge in [-0.25, -0.2) is 14.4 Å². The minimum Gasteiger partial charge on any atom is -0.335 e. The fraction of sp³-hybridized carbons (Fsp3) is 0.417. The highest BCUT2D eigenvalue weighted by molar-refractivity contribution is 5.75. The molecule has 0 radical (unpaired) electrons. The second-order valence-electron chi connectivity index (χ2n) is 11.9. The van der Waals surface area contributed by atoms with Crippen LogP contribution in [0.25, 0.3) is 0 Å². The quantitative estimate of drug-likeness (QED) is 0.218. The molecule has 0 atom stereocenters. The highest BCUT2D eigenvalue weighted by atomic mass is 16.2. The lowest BCUT2D eigenvalue weighted by Gasteiger charge is -2.26. The number of urea groups is 3. The number of carbonyl (C=O) groups is 3. The predicted molar refractivity (Wildman–Crippen MR) is 178 cm³/mol. The van der Waals surface area contributed by atoms with Gasteiger partial charge in [0.2, 0.25) is 0 Å². The summed E-state index contributed by atoms with van der Waals surface area (Å²) >= 11 is 0. The summed E-state index contributed by atoms with van der Waals surface area (Å²) in [6.45, 7) is 2.89. The van der Waals surface area contributed by atoms with Crippen molar-refractivity contribution in [3.8, 4) is 0 Å². The van der Waals surface area contributed by atoms with Crippen LogP contribution >= 0.6 is 0 Å². The summed E-state index contributed by atoms with van der Waals surface area (Å²) in [5.41, 5.74) is 4.04. The molecule has 1 saturated carbocycles. The standard InChI is InChI=1S/C36H48N6O3/c1-40(22-13-23-41(2)36(45)39-33-20-10-5-11-21-33)34(43)37-25-31-18-12-19-32(24-31)26-38-35(44)42(27-29-14-6-3-7-15-29)28-30-16-8-4-9-17-30/h3-4,6-9,12,14-19,24,33H,5,10-11,13,20-23,25-28H2,1-2H3,(H,37,43)(H,38,44)(H,39,45). The van der Waals surface area contributed by atoms with E-state index in [1.54, 1.807) is 23.9 Å². The largest absolute Gasteiger partial charge is 0.335 e. The first-order chi connectivity index (χ1) is 21.9. The van der Waals surface area contributed by atoms with Crippen LogP contribution < -0.4 is 16.0 Å². The monoisotopic (exact) mass is 612 g/mol. The van der Waals surface area contributed by atoms with Gasteiger partial charge in [0.25, 0.3) is 0 Å². The van der Waals surface area contributed by atoms with E-state index in [4.69, 9.17) is 0 Å². The summed E-state index contributed by atoms with van der Waals surface area (Å²) in [6, 6.07) is 27.8. The van der Waals surface area contributed by atoms with Crippen LogP contribution in [0.3, 0.4) is 0 Å². The van der Waals surface area contributed by atoms with E-state index in [1.807, 2.05) is 89.8 Å². The van der Waals surface area contributed by atoms with Gasteiger partial charge in [0.1, 0.15) is 0 Å². The Kier molecular flexibility index (Phi) is 13.1. The Bertz CT molecular complexity index is 1310. The molecule has 0 bridgehead atoms. The van der Waals surface area contributed by atoms with E-state index in [9.17, 15) is 14.4 Å². The lowest BCUT2D eigenvalue weighted by Crippen LogP contribution is -2.45. The summed E-state index contributed by atoms with van der Waals surface area (Å²) in [4.78, 5) is 43.6. The lowest BCUT2D eigenvalue weighted by atomic mass is 9.96. The zero-order valence-corrected chi connectivity index (χ0v) is 26.7. The van der Waals surface area contributed by atoms with E-state index in [0.29, 0.717) is 45.7 Å². The van der Waals surface area contributed by atoms with Crippen molar-refractivity contribution < 1.29 is 14.4 Å². The first-order valence-electron chi connectivity index (χ1n) is 16.1. The highest BCUT2D eigenvalue weighted by Gasteiger charge is 2.18. The molecule has 1 fully saturated rings. The number of hydrogen-bond donors (Lipinski definition) is 3. The number of nitrogens with one attached hydrogen (secondary N) is 3. The molecule has 45 heavy (non-hydrogen) atoms. The van der Waals surface area contributed by atoms with Crippen LogP contribution in [0.4, 0.5) is 14.4 Å². The molecule has 4 rings (SSSR count). The molecular weight excluding hydrogens is 564 g/mol. The zero-order valence-electron chi connectivity index (χ0n) is 26.7. The number of carbonyl (C=O) groups excluding carboxylic acids is 3. The van der Waals surface area contributed by atoms with Crippen molar-refractivity contribution >= 4 is 18.1 Å². The zero-order chi connectivity index (χ0) is 31.9. The SMILES string of the molecule is CN(CCCN(C)C(=O)NC1CCCCC1)C(=O)NCc1cccc(CNC(=O)N(Cc2ccccc2)Cc2ccccc2)c1. The fourth-order valence-corrected chi connectivity index (χ4v) is 5.54. The molecule has 1 aliphatic carbocycles. The Morgan fingerprint density at radius 2 is 1.11 bits per heavy atom. The molecule has 3 N–H and O–H groups in total. The van der Waals surface area contributed by atoms with Gasteiger partial charge < -0.3 is 30.7 Å². The average molecular weight is 613 g/mol. The molecule has 3 aromatic carbocycles. The molecule has 6 amide bonds. The van der Waals surface area contributed by atoms with Crippen molar-refractivity contribution in [1.82, 2.24) is 30.7 Å². The molecule has 0 spiro atoms. The van der Waals surface area contributed by atoms with Crippen molar-refractivity contribution in [1.29, 1.82) is 0 Å². The van der Waals surface area contributed by atoms with Gasteiger partial charge in [-0.15, -0.1) is 0 Å². The minimum absolute atomic E-state index is 0.0369. The molecule has 9 nitrogen and oxygen atoms in total. The Labute approximate surface area is 268 Å². The van der Waals surface area contributed by atoms with E-state index in [-0.39, 0.29) is 24.1 Å². The van der Waals surface area contributed by atoms with Crippen molar-refractivity contribution in [2.24, 2.45) is 0 Å². The first-order valence-corrected chi connectivity index (χ1v) is 16.1.